The molecule has 0 spiro atoms. The third-order valence-corrected chi connectivity index (χ3v) is 11.3. The Morgan fingerprint density at radius 3 is 1.92 bits per heavy atom. The van der Waals surface area contributed by atoms with Crippen LogP contribution in [0.5, 0.6) is 0 Å². The predicted octanol–water partition coefficient (Wildman–Crippen LogP) is 12.5. The van der Waals surface area contributed by atoms with Crippen molar-refractivity contribution in [3.05, 3.63) is 169 Å². The standard InChI is InChI=1S/C47H32N2/c1-47(2)39-22-12-10-18-33(39)34-27-25-31(28-40(34)47)48-41-23-13-11-21-37(41)42-35-19-8-9-20-36(35)45-43(46(42)48)38-26-24-29-14-6-7-17-32(29)44(38)49(45)30-15-4-3-5-16-30/h3-28H,1-2H3. The van der Waals surface area contributed by atoms with Gasteiger partial charge in [-0.15, -0.1) is 0 Å². The van der Waals surface area contributed by atoms with E-state index in [9.17, 15) is 0 Å². The second-order valence-corrected chi connectivity index (χ2v) is 14.1. The van der Waals surface area contributed by atoms with E-state index in [1.165, 1.54) is 98.8 Å². The van der Waals surface area contributed by atoms with Crippen molar-refractivity contribution in [1.82, 2.24) is 9.13 Å². The maximum atomic E-state index is 2.56. The molecule has 0 aliphatic heterocycles. The van der Waals surface area contributed by atoms with Crippen molar-refractivity contribution in [2.75, 3.05) is 0 Å². The normalized spacial score (nSPS) is 13.7. The molecule has 0 bridgehead atoms. The van der Waals surface area contributed by atoms with Gasteiger partial charge in [0.1, 0.15) is 0 Å². The quantitative estimate of drug-likeness (QED) is 0.181. The van der Waals surface area contributed by atoms with Crippen molar-refractivity contribution < 1.29 is 0 Å². The molecular formula is C47H32N2. The summed E-state index contributed by atoms with van der Waals surface area (Å²) < 4.78 is 5.09. The van der Waals surface area contributed by atoms with Crippen LogP contribution in [0.1, 0.15) is 25.0 Å². The zero-order chi connectivity index (χ0) is 32.4. The lowest BCUT2D eigenvalue weighted by Crippen LogP contribution is -2.15. The minimum absolute atomic E-state index is 0.0923. The molecule has 2 aromatic heterocycles. The molecule has 10 aromatic rings. The van der Waals surface area contributed by atoms with E-state index in [0.717, 1.165) is 0 Å². The van der Waals surface area contributed by atoms with Gasteiger partial charge in [-0.2, -0.15) is 0 Å². The Morgan fingerprint density at radius 2 is 1.06 bits per heavy atom. The van der Waals surface area contributed by atoms with Crippen LogP contribution in [0.2, 0.25) is 0 Å². The fourth-order valence-corrected chi connectivity index (χ4v) is 9.14. The van der Waals surface area contributed by atoms with E-state index in [1.54, 1.807) is 0 Å². The Bertz CT molecular complexity index is 3010. The molecule has 230 valence electrons. The Balaban J connectivity index is 1.40. The van der Waals surface area contributed by atoms with Gasteiger partial charge in [-0.25, -0.2) is 0 Å². The average Bonchev–Trinajstić information content (AvgIpc) is 3.76. The molecule has 0 amide bonds. The SMILES string of the molecule is CC1(C)c2ccccc2-c2ccc(-n3c4ccccc4c4c5ccccc5c5c(c6ccc7ccccc7c6n5-c5ccccc5)c43)cc21. The number of rotatable bonds is 2. The van der Waals surface area contributed by atoms with E-state index < -0.39 is 0 Å². The highest BCUT2D eigenvalue weighted by molar-refractivity contribution is 6.38. The number of para-hydroxylation sites is 2. The minimum Gasteiger partial charge on any atom is -0.309 e. The topological polar surface area (TPSA) is 9.86 Å². The molecule has 1 aliphatic rings. The first-order valence-corrected chi connectivity index (χ1v) is 17.2. The van der Waals surface area contributed by atoms with Crippen molar-refractivity contribution in [1.29, 1.82) is 0 Å². The van der Waals surface area contributed by atoms with E-state index in [4.69, 9.17) is 0 Å². The molecule has 49 heavy (non-hydrogen) atoms. The molecule has 8 aromatic carbocycles. The molecule has 1 aliphatic carbocycles. The summed E-state index contributed by atoms with van der Waals surface area (Å²) in [4.78, 5) is 0. The number of aromatic nitrogens is 2. The Hall–Kier alpha value is -6.12. The fourth-order valence-electron chi connectivity index (χ4n) is 9.14. The largest absolute Gasteiger partial charge is 0.309 e. The molecule has 2 heteroatoms. The van der Waals surface area contributed by atoms with Gasteiger partial charge in [0.2, 0.25) is 0 Å². The average molecular weight is 625 g/mol. The number of hydrogen-bond donors (Lipinski definition) is 0. The second-order valence-electron chi connectivity index (χ2n) is 14.1. The zero-order valence-corrected chi connectivity index (χ0v) is 27.4. The lowest BCUT2D eigenvalue weighted by molar-refractivity contribution is 0.660. The maximum Gasteiger partial charge on any atom is 0.0647 e. The molecule has 0 atom stereocenters. The van der Waals surface area contributed by atoms with Gasteiger partial charge in [0.25, 0.3) is 0 Å². The van der Waals surface area contributed by atoms with Crippen molar-refractivity contribution in [3.63, 3.8) is 0 Å². The van der Waals surface area contributed by atoms with Crippen LogP contribution in [-0.2, 0) is 5.41 Å². The highest BCUT2D eigenvalue weighted by atomic mass is 15.0. The Labute approximate surface area is 284 Å². The summed E-state index contributed by atoms with van der Waals surface area (Å²) in [6.45, 7) is 4.75. The van der Waals surface area contributed by atoms with Gasteiger partial charge in [-0.3, -0.25) is 0 Å². The number of nitrogens with zero attached hydrogens (tertiary/aromatic N) is 2. The first-order chi connectivity index (χ1) is 24.1. The van der Waals surface area contributed by atoms with E-state index in [2.05, 4.69) is 181 Å². The fraction of sp³-hybridized carbons (Fsp3) is 0.0638. The summed E-state index contributed by atoms with van der Waals surface area (Å²) in [5, 5.41) is 10.2. The van der Waals surface area contributed by atoms with E-state index in [-0.39, 0.29) is 5.41 Å². The minimum atomic E-state index is -0.0923. The zero-order valence-electron chi connectivity index (χ0n) is 27.4. The first kappa shape index (κ1) is 26.9. The van der Waals surface area contributed by atoms with Crippen LogP contribution >= 0.6 is 0 Å². The lowest BCUT2D eigenvalue weighted by atomic mass is 9.82. The van der Waals surface area contributed by atoms with Gasteiger partial charge in [0.05, 0.1) is 22.1 Å². The van der Waals surface area contributed by atoms with Gasteiger partial charge in [-0.1, -0.05) is 141 Å². The van der Waals surface area contributed by atoms with E-state index in [0.29, 0.717) is 0 Å². The van der Waals surface area contributed by atoms with E-state index >= 15 is 0 Å². The van der Waals surface area contributed by atoms with E-state index in [1.807, 2.05) is 0 Å². The Morgan fingerprint density at radius 1 is 0.388 bits per heavy atom. The molecule has 11 rings (SSSR count). The molecule has 0 saturated carbocycles. The summed E-state index contributed by atoms with van der Waals surface area (Å²) in [5.74, 6) is 0. The van der Waals surface area contributed by atoms with Crippen LogP contribution in [-0.4, -0.2) is 9.13 Å². The Kier molecular flexibility index (Phi) is 5.21. The van der Waals surface area contributed by atoms with Gasteiger partial charge < -0.3 is 9.13 Å². The van der Waals surface area contributed by atoms with Gasteiger partial charge >= 0.3 is 0 Å². The van der Waals surface area contributed by atoms with Crippen LogP contribution in [0.3, 0.4) is 0 Å². The molecule has 2 nitrogen and oxygen atoms in total. The lowest BCUT2D eigenvalue weighted by Gasteiger charge is -2.22. The van der Waals surface area contributed by atoms with Crippen LogP contribution in [0, 0.1) is 0 Å². The molecule has 0 saturated heterocycles. The molecule has 0 unspecified atom stereocenters. The van der Waals surface area contributed by atoms with Crippen molar-refractivity contribution >= 4 is 65.2 Å². The monoisotopic (exact) mass is 624 g/mol. The van der Waals surface area contributed by atoms with Crippen LogP contribution in [0.4, 0.5) is 0 Å². The molecule has 0 N–H and O–H groups in total. The smallest absolute Gasteiger partial charge is 0.0647 e. The number of hydrogen-bond acceptors (Lipinski definition) is 0. The van der Waals surface area contributed by atoms with Crippen molar-refractivity contribution in [3.8, 4) is 22.5 Å². The predicted molar refractivity (Wildman–Crippen MR) is 208 cm³/mol. The van der Waals surface area contributed by atoms with Gasteiger partial charge in [-0.05, 0) is 63.4 Å². The summed E-state index contributed by atoms with van der Waals surface area (Å²) >= 11 is 0. The molecule has 0 fully saturated rings. The first-order valence-electron chi connectivity index (χ1n) is 17.2. The number of fused-ring (bicyclic) bond motifs is 15. The maximum absolute atomic E-state index is 2.56. The number of benzene rings is 8. The molecular weight excluding hydrogens is 593 g/mol. The van der Waals surface area contributed by atoms with Crippen LogP contribution < -0.4 is 0 Å². The summed E-state index contributed by atoms with van der Waals surface area (Å²) in [6, 6.07) is 58.5. The molecule has 2 heterocycles. The van der Waals surface area contributed by atoms with Gasteiger partial charge in [0.15, 0.2) is 0 Å². The second kappa shape index (κ2) is 9.49. The summed E-state index contributed by atoms with van der Waals surface area (Å²) in [6.07, 6.45) is 0. The third kappa shape index (κ3) is 3.40. The highest BCUT2D eigenvalue weighted by Gasteiger charge is 2.35. The van der Waals surface area contributed by atoms with Crippen molar-refractivity contribution in [2.45, 2.75) is 19.3 Å². The third-order valence-electron chi connectivity index (χ3n) is 11.3. The van der Waals surface area contributed by atoms with Crippen molar-refractivity contribution in [2.24, 2.45) is 0 Å². The van der Waals surface area contributed by atoms with Gasteiger partial charge in [0, 0.05) is 49.1 Å². The summed E-state index contributed by atoms with van der Waals surface area (Å²) in [7, 11) is 0. The van der Waals surface area contributed by atoms with Crippen LogP contribution in [0.25, 0.3) is 87.7 Å². The molecule has 0 radical (unpaired) electrons. The van der Waals surface area contributed by atoms with Crippen LogP contribution in [0.15, 0.2) is 158 Å². The highest BCUT2D eigenvalue weighted by Crippen LogP contribution is 2.51. The summed E-state index contributed by atoms with van der Waals surface area (Å²) in [5.41, 5.74) is 12.7.